The quantitative estimate of drug-likeness (QED) is 0.581. The maximum absolute atomic E-state index is 8.87. The maximum atomic E-state index is 8.87. The fourth-order valence-corrected chi connectivity index (χ4v) is 1.91. The van der Waals surface area contributed by atoms with Crippen LogP contribution in [0.25, 0.3) is 0 Å². The van der Waals surface area contributed by atoms with Crippen LogP contribution < -0.4 is 0 Å². The summed E-state index contributed by atoms with van der Waals surface area (Å²) in [6.45, 7) is 4.62. The van der Waals surface area contributed by atoms with Crippen LogP contribution in [0.4, 0.5) is 0 Å². The fourth-order valence-electron chi connectivity index (χ4n) is 1.91. The SMILES string of the molecule is CN1CCCN(C2OC2CO)CC1. The van der Waals surface area contributed by atoms with Crippen molar-refractivity contribution in [3.8, 4) is 0 Å². The van der Waals surface area contributed by atoms with Crippen molar-refractivity contribution in [2.45, 2.75) is 18.8 Å². The van der Waals surface area contributed by atoms with Gasteiger partial charge in [-0.15, -0.1) is 0 Å². The Morgan fingerprint density at radius 2 is 2.15 bits per heavy atom. The smallest absolute Gasteiger partial charge is 0.140 e. The zero-order valence-corrected chi connectivity index (χ0v) is 8.15. The summed E-state index contributed by atoms with van der Waals surface area (Å²) in [4.78, 5) is 4.68. The Labute approximate surface area is 79.1 Å². The predicted octanol–water partition coefficient (Wildman–Crippen LogP) is -0.659. The maximum Gasteiger partial charge on any atom is 0.140 e. The normalized spacial score (nSPS) is 37.4. The van der Waals surface area contributed by atoms with Gasteiger partial charge in [-0.3, -0.25) is 4.90 Å². The number of epoxide rings is 1. The molecule has 2 saturated heterocycles. The molecule has 0 bridgehead atoms. The summed E-state index contributed by atoms with van der Waals surface area (Å²) in [5.41, 5.74) is 0. The molecule has 0 aliphatic carbocycles. The standard InChI is InChI=1S/C9H18N2O2/c1-10-3-2-4-11(6-5-10)9-8(7-12)13-9/h8-9,12H,2-7H2,1H3. The molecule has 0 radical (unpaired) electrons. The molecule has 0 aromatic heterocycles. The number of likely N-dealkylation sites (N-methyl/N-ethyl adjacent to an activating group) is 1. The summed E-state index contributed by atoms with van der Waals surface area (Å²) >= 11 is 0. The number of aliphatic hydroxyl groups excluding tert-OH is 1. The third kappa shape index (κ3) is 2.20. The van der Waals surface area contributed by atoms with Gasteiger partial charge in [0.15, 0.2) is 0 Å². The van der Waals surface area contributed by atoms with E-state index in [1.54, 1.807) is 0 Å². The highest BCUT2D eigenvalue weighted by molar-refractivity contribution is 4.86. The molecule has 2 aliphatic heterocycles. The molecule has 0 saturated carbocycles. The minimum Gasteiger partial charge on any atom is -0.394 e. The lowest BCUT2D eigenvalue weighted by molar-refractivity contribution is 0.178. The van der Waals surface area contributed by atoms with E-state index in [9.17, 15) is 0 Å². The van der Waals surface area contributed by atoms with Crippen molar-refractivity contribution in [2.75, 3.05) is 39.8 Å². The van der Waals surface area contributed by atoms with E-state index in [2.05, 4.69) is 16.8 Å². The van der Waals surface area contributed by atoms with Crippen molar-refractivity contribution >= 4 is 0 Å². The molecule has 4 nitrogen and oxygen atoms in total. The molecule has 76 valence electrons. The van der Waals surface area contributed by atoms with Crippen molar-refractivity contribution in [3.05, 3.63) is 0 Å². The second-order valence-electron chi connectivity index (χ2n) is 3.94. The number of nitrogens with zero attached hydrogens (tertiary/aromatic N) is 2. The highest BCUT2D eigenvalue weighted by Crippen LogP contribution is 2.26. The van der Waals surface area contributed by atoms with Crippen LogP contribution in [0.2, 0.25) is 0 Å². The molecule has 2 rings (SSSR count). The van der Waals surface area contributed by atoms with Gasteiger partial charge in [0.2, 0.25) is 0 Å². The van der Waals surface area contributed by atoms with E-state index in [4.69, 9.17) is 9.84 Å². The molecule has 0 aromatic carbocycles. The van der Waals surface area contributed by atoms with Crippen LogP contribution in [0, 0.1) is 0 Å². The van der Waals surface area contributed by atoms with E-state index >= 15 is 0 Å². The van der Waals surface area contributed by atoms with Gasteiger partial charge in [0, 0.05) is 19.6 Å². The summed E-state index contributed by atoms with van der Waals surface area (Å²) < 4.78 is 5.35. The van der Waals surface area contributed by atoms with Gasteiger partial charge >= 0.3 is 0 Å². The summed E-state index contributed by atoms with van der Waals surface area (Å²) in [5, 5.41) is 8.87. The van der Waals surface area contributed by atoms with Crippen LogP contribution in [0.3, 0.4) is 0 Å². The molecule has 1 N–H and O–H groups in total. The first-order valence-corrected chi connectivity index (χ1v) is 5.00. The van der Waals surface area contributed by atoms with Crippen LogP contribution >= 0.6 is 0 Å². The third-order valence-electron chi connectivity index (χ3n) is 2.85. The number of aliphatic hydroxyl groups is 1. The van der Waals surface area contributed by atoms with Crippen LogP contribution in [-0.2, 0) is 4.74 Å². The summed E-state index contributed by atoms with van der Waals surface area (Å²) in [6, 6.07) is 0. The first kappa shape index (κ1) is 9.40. The number of rotatable bonds is 2. The zero-order valence-electron chi connectivity index (χ0n) is 8.15. The molecular formula is C9H18N2O2. The number of ether oxygens (including phenoxy) is 1. The molecule has 4 heteroatoms. The van der Waals surface area contributed by atoms with E-state index in [1.165, 1.54) is 13.0 Å². The van der Waals surface area contributed by atoms with Crippen molar-refractivity contribution in [2.24, 2.45) is 0 Å². The number of hydrogen-bond donors (Lipinski definition) is 1. The van der Waals surface area contributed by atoms with Gasteiger partial charge in [0.1, 0.15) is 12.3 Å². The zero-order chi connectivity index (χ0) is 9.26. The van der Waals surface area contributed by atoms with Gasteiger partial charge in [0.25, 0.3) is 0 Å². The minimum atomic E-state index is 0.0865. The van der Waals surface area contributed by atoms with Crippen molar-refractivity contribution in [1.29, 1.82) is 0 Å². The molecule has 2 atom stereocenters. The Morgan fingerprint density at radius 1 is 1.31 bits per heavy atom. The highest BCUT2D eigenvalue weighted by atomic mass is 16.6. The lowest BCUT2D eigenvalue weighted by atomic mass is 10.3. The Kier molecular flexibility index (Phi) is 2.83. The average molecular weight is 186 g/mol. The molecule has 2 heterocycles. The summed E-state index contributed by atoms with van der Waals surface area (Å²) in [6.07, 6.45) is 1.49. The van der Waals surface area contributed by atoms with Gasteiger partial charge in [-0.2, -0.15) is 0 Å². The topological polar surface area (TPSA) is 39.2 Å². The second-order valence-corrected chi connectivity index (χ2v) is 3.94. The van der Waals surface area contributed by atoms with Crippen molar-refractivity contribution < 1.29 is 9.84 Å². The van der Waals surface area contributed by atoms with E-state index in [0.29, 0.717) is 0 Å². The molecule has 0 aromatic rings. The van der Waals surface area contributed by atoms with Gasteiger partial charge in [-0.05, 0) is 20.0 Å². The third-order valence-corrected chi connectivity index (χ3v) is 2.85. The molecule has 13 heavy (non-hydrogen) atoms. The van der Waals surface area contributed by atoms with Crippen LogP contribution in [0.5, 0.6) is 0 Å². The van der Waals surface area contributed by atoms with Crippen LogP contribution in [0.15, 0.2) is 0 Å². The van der Waals surface area contributed by atoms with Crippen molar-refractivity contribution in [1.82, 2.24) is 9.80 Å². The Hall–Kier alpha value is -0.160. The van der Waals surface area contributed by atoms with Crippen LogP contribution in [-0.4, -0.2) is 67.1 Å². The Morgan fingerprint density at radius 3 is 2.85 bits per heavy atom. The highest BCUT2D eigenvalue weighted by Gasteiger charge is 2.42. The van der Waals surface area contributed by atoms with Crippen molar-refractivity contribution in [3.63, 3.8) is 0 Å². The average Bonchev–Trinajstić information content (AvgIpc) is 2.88. The second kappa shape index (κ2) is 3.92. The molecular weight excluding hydrogens is 168 g/mol. The molecule has 0 spiro atoms. The van der Waals surface area contributed by atoms with E-state index in [-0.39, 0.29) is 18.9 Å². The molecule has 2 fully saturated rings. The summed E-state index contributed by atoms with van der Waals surface area (Å²) in [7, 11) is 2.15. The lowest BCUT2D eigenvalue weighted by Gasteiger charge is -2.17. The predicted molar refractivity (Wildman–Crippen MR) is 49.4 cm³/mol. The molecule has 2 unspecified atom stereocenters. The Balaban J connectivity index is 1.80. The molecule has 0 amide bonds. The first-order valence-electron chi connectivity index (χ1n) is 5.00. The van der Waals surface area contributed by atoms with Gasteiger partial charge < -0.3 is 14.7 Å². The monoisotopic (exact) mass is 186 g/mol. The fraction of sp³-hybridized carbons (Fsp3) is 1.00. The Bertz CT molecular complexity index is 177. The van der Waals surface area contributed by atoms with Crippen LogP contribution in [0.1, 0.15) is 6.42 Å². The van der Waals surface area contributed by atoms with Gasteiger partial charge in [-0.25, -0.2) is 0 Å². The molecule has 2 aliphatic rings. The van der Waals surface area contributed by atoms with Gasteiger partial charge in [-0.1, -0.05) is 0 Å². The lowest BCUT2D eigenvalue weighted by Crippen LogP contribution is -2.32. The van der Waals surface area contributed by atoms with E-state index < -0.39 is 0 Å². The first-order chi connectivity index (χ1) is 6.31. The van der Waals surface area contributed by atoms with E-state index in [0.717, 1.165) is 19.6 Å². The minimum absolute atomic E-state index is 0.0865. The van der Waals surface area contributed by atoms with Gasteiger partial charge in [0.05, 0.1) is 6.61 Å². The largest absolute Gasteiger partial charge is 0.394 e. The number of hydrogen-bond acceptors (Lipinski definition) is 4. The van der Waals surface area contributed by atoms with E-state index in [1.807, 2.05) is 0 Å². The summed E-state index contributed by atoms with van der Waals surface area (Å²) in [5.74, 6) is 0.